The maximum absolute atomic E-state index is 2.55. The van der Waals surface area contributed by atoms with Gasteiger partial charge >= 0.3 is 0 Å². The van der Waals surface area contributed by atoms with Gasteiger partial charge in [0.25, 0.3) is 0 Å². The largest absolute Gasteiger partial charge is 0.0882 e. The van der Waals surface area contributed by atoms with Gasteiger partial charge in [-0.3, -0.25) is 0 Å². The fourth-order valence-corrected chi connectivity index (χ4v) is 3.14. The van der Waals surface area contributed by atoms with E-state index in [4.69, 9.17) is 0 Å². The third-order valence-electron chi connectivity index (χ3n) is 4.05. The fraction of sp³-hybridized carbons (Fsp3) is 0.857. The Labute approximate surface area is 88.8 Å². The number of hydrogen-bond acceptors (Lipinski definition) is 0. The standard InChI is InChI=1S/C14H24/c1-2-5-9-13(10-6-3-1)14-11-7-4-8-12-14/h5,9,13-14H,1-4,6-8,10-12H2. The smallest absolute Gasteiger partial charge is 0.0205 e. The van der Waals surface area contributed by atoms with Crippen molar-refractivity contribution in [3.05, 3.63) is 12.2 Å². The summed E-state index contributed by atoms with van der Waals surface area (Å²) in [4.78, 5) is 0. The summed E-state index contributed by atoms with van der Waals surface area (Å²) in [6.07, 6.45) is 19.7. The summed E-state index contributed by atoms with van der Waals surface area (Å²) in [6, 6.07) is 0. The first-order valence-electron chi connectivity index (χ1n) is 6.63. The van der Waals surface area contributed by atoms with Gasteiger partial charge in [-0.25, -0.2) is 0 Å². The van der Waals surface area contributed by atoms with Crippen molar-refractivity contribution in [2.24, 2.45) is 11.8 Å². The Morgan fingerprint density at radius 1 is 0.714 bits per heavy atom. The minimum absolute atomic E-state index is 0.940. The SMILES string of the molecule is C1=CC(C2CCCCC2)CCCCC1. The van der Waals surface area contributed by atoms with Gasteiger partial charge in [0.1, 0.15) is 0 Å². The van der Waals surface area contributed by atoms with Gasteiger partial charge in [-0.05, 0) is 43.9 Å². The minimum atomic E-state index is 0.940. The molecule has 0 aromatic heterocycles. The predicted molar refractivity (Wildman–Crippen MR) is 62.3 cm³/mol. The Kier molecular flexibility index (Phi) is 4.09. The van der Waals surface area contributed by atoms with Crippen LogP contribution in [-0.4, -0.2) is 0 Å². The number of rotatable bonds is 1. The van der Waals surface area contributed by atoms with E-state index in [-0.39, 0.29) is 0 Å². The Morgan fingerprint density at radius 2 is 1.43 bits per heavy atom. The van der Waals surface area contributed by atoms with Crippen molar-refractivity contribution in [1.29, 1.82) is 0 Å². The second-order valence-electron chi connectivity index (χ2n) is 5.13. The fourth-order valence-electron chi connectivity index (χ4n) is 3.14. The Hall–Kier alpha value is -0.260. The third kappa shape index (κ3) is 2.87. The van der Waals surface area contributed by atoms with E-state index in [0.717, 1.165) is 11.8 Å². The van der Waals surface area contributed by atoms with E-state index in [1.54, 1.807) is 0 Å². The molecule has 2 aliphatic rings. The molecule has 14 heavy (non-hydrogen) atoms. The second-order valence-corrected chi connectivity index (χ2v) is 5.13. The average Bonchev–Trinajstić information content (AvgIpc) is 2.18. The minimum Gasteiger partial charge on any atom is -0.0882 e. The van der Waals surface area contributed by atoms with Crippen molar-refractivity contribution >= 4 is 0 Å². The lowest BCUT2D eigenvalue weighted by molar-refractivity contribution is 0.268. The van der Waals surface area contributed by atoms with Crippen LogP contribution in [0.15, 0.2) is 12.2 Å². The van der Waals surface area contributed by atoms with Crippen molar-refractivity contribution in [2.75, 3.05) is 0 Å². The van der Waals surface area contributed by atoms with E-state index >= 15 is 0 Å². The van der Waals surface area contributed by atoms with Crippen LogP contribution in [-0.2, 0) is 0 Å². The first-order chi connectivity index (χ1) is 6.97. The summed E-state index contributed by atoms with van der Waals surface area (Å²) in [5.41, 5.74) is 0. The summed E-state index contributed by atoms with van der Waals surface area (Å²) in [5, 5.41) is 0. The van der Waals surface area contributed by atoms with Gasteiger partial charge in [0.2, 0.25) is 0 Å². The molecule has 1 atom stereocenters. The van der Waals surface area contributed by atoms with Gasteiger partial charge in [-0.15, -0.1) is 0 Å². The van der Waals surface area contributed by atoms with E-state index in [2.05, 4.69) is 12.2 Å². The van der Waals surface area contributed by atoms with Crippen LogP contribution in [0, 0.1) is 11.8 Å². The molecular weight excluding hydrogens is 168 g/mol. The molecule has 0 heterocycles. The van der Waals surface area contributed by atoms with E-state index in [1.165, 1.54) is 64.2 Å². The summed E-state index contributed by atoms with van der Waals surface area (Å²) >= 11 is 0. The molecule has 0 aliphatic heterocycles. The van der Waals surface area contributed by atoms with Gasteiger partial charge in [-0.2, -0.15) is 0 Å². The zero-order valence-corrected chi connectivity index (χ0v) is 9.38. The van der Waals surface area contributed by atoms with E-state index in [1.807, 2.05) is 0 Å². The molecule has 0 amide bonds. The molecule has 0 N–H and O–H groups in total. The molecule has 0 spiro atoms. The highest BCUT2D eigenvalue weighted by Gasteiger charge is 2.21. The lowest BCUT2D eigenvalue weighted by atomic mass is 9.77. The predicted octanol–water partition coefficient (Wildman–Crippen LogP) is 4.70. The molecule has 0 nitrogen and oxygen atoms in total. The quantitative estimate of drug-likeness (QED) is 0.528. The van der Waals surface area contributed by atoms with Gasteiger partial charge < -0.3 is 0 Å². The molecule has 2 aliphatic carbocycles. The molecule has 1 saturated carbocycles. The van der Waals surface area contributed by atoms with Crippen molar-refractivity contribution in [3.63, 3.8) is 0 Å². The van der Waals surface area contributed by atoms with Crippen LogP contribution in [0.3, 0.4) is 0 Å². The molecule has 0 aromatic carbocycles. The summed E-state index contributed by atoms with van der Waals surface area (Å²) < 4.78 is 0. The number of hydrogen-bond donors (Lipinski definition) is 0. The van der Waals surface area contributed by atoms with Crippen molar-refractivity contribution in [2.45, 2.75) is 64.2 Å². The molecule has 80 valence electrons. The molecular formula is C14H24. The van der Waals surface area contributed by atoms with Crippen LogP contribution in [0.4, 0.5) is 0 Å². The van der Waals surface area contributed by atoms with Crippen LogP contribution < -0.4 is 0 Å². The highest BCUT2D eigenvalue weighted by molar-refractivity contribution is 4.93. The zero-order valence-electron chi connectivity index (χ0n) is 9.38. The van der Waals surface area contributed by atoms with Crippen molar-refractivity contribution < 1.29 is 0 Å². The molecule has 0 aromatic rings. The first kappa shape index (κ1) is 10.3. The average molecular weight is 192 g/mol. The molecule has 0 saturated heterocycles. The van der Waals surface area contributed by atoms with E-state index in [9.17, 15) is 0 Å². The number of allylic oxidation sites excluding steroid dienone is 2. The van der Waals surface area contributed by atoms with Crippen LogP contribution in [0.5, 0.6) is 0 Å². The van der Waals surface area contributed by atoms with Gasteiger partial charge in [0.05, 0.1) is 0 Å². The van der Waals surface area contributed by atoms with Crippen molar-refractivity contribution in [1.82, 2.24) is 0 Å². The molecule has 1 unspecified atom stereocenters. The van der Waals surface area contributed by atoms with Crippen molar-refractivity contribution in [3.8, 4) is 0 Å². The second kappa shape index (κ2) is 5.58. The summed E-state index contributed by atoms with van der Waals surface area (Å²) in [5.74, 6) is 1.98. The first-order valence-corrected chi connectivity index (χ1v) is 6.63. The topological polar surface area (TPSA) is 0 Å². The summed E-state index contributed by atoms with van der Waals surface area (Å²) in [7, 11) is 0. The van der Waals surface area contributed by atoms with Crippen LogP contribution >= 0.6 is 0 Å². The van der Waals surface area contributed by atoms with Gasteiger partial charge in [-0.1, -0.05) is 44.3 Å². The Balaban J connectivity index is 1.88. The third-order valence-corrected chi connectivity index (χ3v) is 4.05. The highest BCUT2D eigenvalue weighted by Crippen LogP contribution is 2.34. The maximum Gasteiger partial charge on any atom is -0.0205 e. The molecule has 0 heteroatoms. The Morgan fingerprint density at radius 3 is 2.29 bits per heavy atom. The normalized spacial score (nSPS) is 31.0. The molecule has 0 radical (unpaired) electrons. The summed E-state index contributed by atoms with van der Waals surface area (Å²) in [6.45, 7) is 0. The Bertz CT molecular complexity index is 174. The van der Waals surface area contributed by atoms with Gasteiger partial charge in [0.15, 0.2) is 0 Å². The van der Waals surface area contributed by atoms with E-state index in [0.29, 0.717) is 0 Å². The lowest BCUT2D eigenvalue weighted by Crippen LogP contribution is -2.16. The monoisotopic (exact) mass is 192 g/mol. The highest BCUT2D eigenvalue weighted by atomic mass is 14.3. The maximum atomic E-state index is 2.55. The van der Waals surface area contributed by atoms with Crippen LogP contribution in [0.2, 0.25) is 0 Å². The lowest BCUT2D eigenvalue weighted by Gasteiger charge is -2.29. The van der Waals surface area contributed by atoms with Gasteiger partial charge in [0, 0.05) is 0 Å². The molecule has 2 rings (SSSR count). The molecule has 0 bridgehead atoms. The van der Waals surface area contributed by atoms with Crippen LogP contribution in [0.1, 0.15) is 64.2 Å². The zero-order chi connectivity index (χ0) is 9.64. The van der Waals surface area contributed by atoms with E-state index < -0.39 is 0 Å². The molecule has 1 fully saturated rings. The van der Waals surface area contributed by atoms with Crippen LogP contribution in [0.25, 0.3) is 0 Å².